The Hall–Kier alpha value is -0.970. The van der Waals surface area contributed by atoms with Gasteiger partial charge >= 0.3 is 0 Å². The number of aliphatic hydroxyl groups excluding tert-OH is 1. The van der Waals surface area contributed by atoms with Gasteiger partial charge in [0, 0.05) is 19.7 Å². The molecule has 0 aliphatic rings. The molecule has 1 rings (SSSR count). The molecule has 0 bridgehead atoms. The van der Waals surface area contributed by atoms with E-state index in [4.69, 9.17) is 4.74 Å². The molecule has 0 spiro atoms. The summed E-state index contributed by atoms with van der Waals surface area (Å²) in [6.07, 6.45) is 0.311. The van der Waals surface area contributed by atoms with Crippen molar-refractivity contribution in [1.29, 1.82) is 0 Å². The summed E-state index contributed by atoms with van der Waals surface area (Å²) in [5.74, 6) is -0.292. The minimum atomic E-state index is -0.624. The lowest BCUT2D eigenvalue weighted by molar-refractivity contribution is 0.137. The Morgan fingerprint density at radius 2 is 2.00 bits per heavy atom. The summed E-state index contributed by atoms with van der Waals surface area (Å²) in [7, 11) is 1.65. The predicted molar refractivity (Wildman–Crippen MR) is 65.3 cm³/mol. The van der Waals surface area contributed by atoms with Crippen LogP contribution in [0.4, 0.5) is 4.39 Å². The number of nitrogens with one attached hydrogen (secondary N) is 1. The van der Waals surface area contributed by atoms with Crippen molar-refractivity contribution in [3.63, 3.8) is 0 Å². The SMILES string of the molecule is CCC(COC)NCC(O)c1ccc(F)cc1. The molecule has 96 valence electrons. The maximum Gasteiger partial charge on any atom is 0.123 e. The normalized spacial score (nSPS) is 14.6. The van der Waals surface area contributed by atoms with Crippen LogP contribution < -0.4 is 5.32 Å². The zero-order valence-electron chi connectivity index (χ0n) is 10.3. The summed E-state index contributed by atoms with van der Waals surface area (Å²) in [5.41, 5.74) is 0.714. The molecule has 0 aromatic heterocycles. The number of hydrogen-bond acceptors (Lipinski definition) is 3. The second-order valence-electron chi connectivity index (χ2n) is 4.04. The molecule has 2 unspecified atom stereocenters. The van der Waals surface area contributed by atoms with E-state index in [-0.39, 0.29) is 11.9 Å². The van der Waals surface area contributed by atoms with Gasteiger partial charge in [-0.25, -0.2) is 4.39 Å². The number of ether oxygens (including phenoxy) is 1. The van der Waals surface area contributed by atoms with Gasteiger partial charge in [-0.15, -0.1) is 0 Å². The number of methoxy groups -OCH3 is 1. The lowest BCUT2D eigenvalue weighted by Gasteiger charge is -2.18. The lowest BCUT2D eigenvalue weighted by atomic mass is 10.1. The van der Waals surface area contributed by atoms with Gasteiger partial charge in [0.2, 0.25) is 0 Å². The maximum absolute atomic E-state index is 12.7. The van der Waals surface area contributed by atoms with Crippen molar-refractivity contribution in [3.8, 4) is 0 Å². The fourth-order valence-corrected chi connectivity index (χ4v) is 1.60. The van der Waals surface area contributed by atoms with E-state index >= 15 is 0 Å². The highest BCUT2D eigenvalue weighted by atomic mass is 19.1. The van der Waals surface area contributed by atoms with Crippen LogP contribution in [0.5, 0.6) is 0 Å². The number of hydrogen-bond donors (Lipinski definition) is 2. The first-order valence-electron chi connectivity index (χ1n) is 5.83. The van der Waals surface area contributed by atoms with E-state index in [0.29, 0.717) is 18.7 Å². The molecule has 1 aromatic rings. The van der Waals surface area contributed by atoms with Gasteiger partial charge in [0.05, 0.1) is 12.7 Å². The topological polar surface area (TPSA) is 41.5 Å². The highest BCUT2D eigenvalue weighted by Crippen LogP contribution is 2.12. The highest BCUT2D eigenvalue weighted by molar-refractivity contribution is 5.18. The third-order valence-electron chi connectivity index (χ3n) is 2.72. The van der Waals surface area contributed by atoms with E-state index in [2.05, 4.69) is 12.2 Å². The Labute approximate surface area is 102 Å². The summed E-state index contributed by atoms with van der Waals surface area (Å²) < 4.78 is 17.8. The van der Waals surface area contributed by atoms with Crippen molar-refractivity contribution in [1.82, 2.24) is 5.32 Å². The summed E-state index contributed by atoms with van der Waals surface area (Å²) in [4.78, 5) is 0. The molecule has 2 N–H and O–H groups in total. The van der Waals surface area contributed by atoms with E-state index in [1.54, 1.807) is 19.2 Å². The van der Waals surface area contributed by atoms with Gasteiger partial charge in [-0.2, -0.15) is 0 Å². The molecule has 0 heterocycles. The smallest absolute Gasteiger partial charge is 0.123 e. The van der Waals surface area contributed by atoms with Crippen LogP contribution >= 0.6 is 0 Å². The molecule has 0 saturated carbocycles. The van der Waals surface area contributed by atoms with E-state index < -0.39 is 6.10 Å². The first-order valence-corrected chi connectivity index (χ1v) is 5.83. The second-order valence-corrected chi connectivity index (χ2v) is 4.04. The molecular weight excluding hydrogens is 221 g/mol. The second kappa shape index (κ2) is 7.37. The van der Waals surface area contributed by atoms with Crippen LogP contribution in [0.25, 0.3) is 0 Å². The molecule has 0 radical (unpaired) electrons. The molecule has 0 fully saturated rings. The van der Waals surface area contributed by atoms with Gasteiger partial charge in [-0.1, -0.05) is 19.1 Å². The summed E-state index contributed by atoms with van der Waals surface area (Å²) in [5, 5.41) is 13.1. The van der Waals surface area contributed by atoms with Crippen molar-refractivity contribution in [2.75, 3.05) is 20.3 Å². The maximum atomic E-state index is 12.7. The van der Waals surface area contributed by atoms with E-state index in [1.807, 2.05) is 0 Å². The van der Waals surface area contributed by atoms with Gasteiger partial charge in [0.1, 0.15) is 5.82 Å². The molecule has 0 saturated heterocycles. The first kappa shape index (κ1) is 14.1. The van der Waals surface area contributed by atoms with Crippen LogP contribution in [0.1, 0.15) is 25.0 Å². The summed E-state index contributed by atoms with van der Waals surface area (Å²) in [6, 6.07) is 6.13. The zero-order valence-corrected chi connectivity index (χ0v) is 10.3. The Kier molecular flexibility index (Phi) is 6.11. The van der Waals surface area contributed by atoms with Gasteiger partial charge in [-0.05, 0) is 24.1 Å². The van der Waals surface area contributed by atoms with Crippen LogP contribution in [0, 0.1) is 5.82 Å². The van der Waals surface area contributed by atoms with Crippen molar-refractivity contribution in [2.45, 2.75) is 25.5 Å². The van der Waals surface area contributed by atoms with Gasteiger partial charge in [-0.3, -0.25) is 0 Å². The molecule has 17 heavy (non-hydrogen) atoms. The number of rotatable bonds is 7. The Morgan fingerprint density at radius 3 is 2.53 bits per heavy atom. The molecule has 0 aliphatic heterocycles. The summed E-state index contributed by atoms with van der Waals surface area (Å²) >= 11 is 0. The molecule has 0 amide bonds. The molecule has 0 aliphatic carbocycles. The van der Waals surface area contributed by atoms with Gasteiger partial charge in [0.15, 0.2) is 0 Å². The molecule has 1 aromatic carbocycles. The van der Waals surface area contributed by atoms with Crippen LogP contribution in [0.2, 0.25) is 0 Å². The Morgan fingerprint density at radius 1 is 1.35 bits per heavy atom. The van der Waals surface area contributed by atoms with E-state index in [9.17, 15) is 9.50 Å². The minimum Gasteiger partial charge on any atom is -0.387 e. The van der Waals surface area contributed by atoms with Crippen molar-refractivity contribution < 1.29 is 14.2 Å². The first-order chi connectivity index (χ1) is 8.17. The molecule has 3 nitrogen and oxygen atoms in total. The van der Waals surface area contributed by atoms with Crippen molar-refractivity contribution >= 4 is 0 Å². The fraction of sp³-hybridized carbons (Fsp3) is 0.538. The monoisotopic (exact) mass is 241 g/mol. The minimum absolute atomic E-state index is 0.232. The van der Waals surface area contributed by atoms with Crippen LogP contribution in [-0.4, -0.2) is 31.4 Å². The standard InChI is InChI=1S/C13H20FNO2/c1-3-12(9-17-2)15-8-13(16)10-4-6-11(14)7-5-10/h4-7,12-13,15-16H,3,8-9H2,1-2H3. The fourth-order valence-electron chi connectivity index (χ4n) is 1.60. The van der Waals surface area contributed by atoms with E-state index in [0.717, 1.165) is 6.42 Å². The molecule has 2 atom stereocenters. The average molecular weight is 241 g/mol. The van der Waals surface area contributed by atoms with Gasteiger partial charge in [0.25, 0.3) is 0 Å². The van der Waals surface area contributed by atoms with Crippen LogP contribution in [0.3, 0.4) is 0 Å². The Bertz CT molecular complexity index is 316. The number of benzene rings is 1. The third kappa shape index (κ3) is 4.81. The van der Waals surface area contributed by atoms with E-state index in [1.165, 1.54) is 12.1 Å². The number of halogens is 1. The molecule has 4 heteroatoms. The van der Waals surface area contributed by atoms with Gasteiger partial charge < -0.3 is 15.2 Å². The average Bonchev–Trinajstić information content (AvgIpc) is 2.35. The van der Waals surface area contributed by atoms with Crippen LogP contribution in [0.15, 0.2) is 24.3 Å². The van der Waals surface area contributed by atoms with Crippen molar-refractivity contribution in [2.24, 2.45) is 0 Å². The summed E-state index contributed by atoms with van der Waals surface area (Å²) in [6.45, 7) is 3.11. The highest BCUT2D eigenvalue weighted by Gasteiger charge is 2.10. The Balaban J connectivity index is 2.43. The largest absolute Gasteiger partial charge is 0.387 e. The quantitative estimate of drug-likeness (QED) is 0.765. The number of aliphatic hydroxyl groups is 1. The molecular formula is C13H20FNO2. The van der Waals surface area contributed by atoms with Crippen molar-refractivity contribution in [3.05, 3.63) is 35.6 Å². The predicted octanol–water partition coefficient (Wildman–Crippen LogP) is 1.87. The van der Waals surface area contributed by atoms with Crippen LogP contribution in [-0.2, 0) is 4.74 Å². The lowest BCUT2D eigenvalue weighted by Crippen LogP contribution is -2.35. The third-order valence-corrected chi connectivity index (χ3v) is 2.72. The zero-order chi connectivity index (χ0) is 12.7.